The predicted octanol–water partition coefficient (Wildman–Crippen LogP) is 5.64. The maximum atomic E-state index is 12.9. The molecule has 3 aromatic rings. The number of carbonyl (C=O) groups excluding carboxylic acids is 1. The number of aliphatic hydroxyl groups is 1. The van der Waals surface area contributed by atoms with E-state index in [1.807, 2.05) is 78.9 Å². The third-order valence-corrected chi connectivity index (χ3v) is 6.45. The van der Waals surface area contributed by atoms with Crippen LogP contribution in [0.3, 0.4) is 0 Å². The van der Waals surface area contributed by atoms with Crippen molar-refractivity contribution in [3.63, 3.8) is 0 Å². The van der Waals surface area contributed by atoms with Crippen molar-refractivity contribution >= 4 is 11.9 Å². The van der Waals surface area contributed by atoms with Crippen LogP contribution in [0.5, 0.6) is 0 Å². The van der Waals surface area contributed by atoms with E-state index in [1.54, 1.807) is 18.9 Å². The number of hydrogen-bond donors (Lipinski definition) is 2. The molecule has 6 heteroatoms. The highest BCUT2D eigenvalue weighted by atomic mass is 16.5. The lowest BCUT2D eigenvalue weighted by Gasteiger charge is -2.21. The van der Waals surface area contributed by atoms with Gasteiger partial charge in [-0.05, 0) is 47.6 Å². The molecule has 0 spiro atoms. The quantitative estimate of drug-likeness (QED) is 0.278. The zero-order chi connectivity index (χ0) is 26.6. The molecule has 3 rings (SSSR count). The fourth-order valence-electron chi connectivity index (χ4n) is 4.43. The summed E-state index contributed by atoms with van der Waals surface area (Å²) in [6.45, 7) is 2.52. The van der Waals surface area contributed by atoms with Gasteiger partial charge in [-0.1, -0.05) is 85.3 Å². The summed E-state index contributed by atoms with van der Waals surface area (Å²) in [7, 11) is 1.79. The second kappa shape index (κ2) is 14.3. The number of nitrogens with zero attached hydrogens (tertiary/aromatic N) is 1. The molecule has 0 aliphatic carbocycles. The van der Waals surface area contributed by atoms with Crippen LogP contribution < -0.4 is 0 Å². The van der Waals surface area contributed by atoms with Crippen molar-refractivity contribution in [2.45, 2.75) is 57.8 Å². The Balaban J connectivity index is 1.65. The van der Waals surface area contributed by atoms with Crippen LogP contribution in [0.4, 0.5) is 0 Å². The number of hydrogen-bond acceptors (Lipinski definition) is 4. The summed E-state index contributed by atoms with van der Waals surface area (Å²) in [5, 5.41) is 19.8. The van der Waals surface area contributed by atoms with E-state index in [0.717, 1.165) is 34.2 Å². The summed E-state index contributed by atoms with van der Waals surface area (Å²) in [5.74, 6) is -0.948. The summed E-state index contributed by atoms with van der Waals surface area (Å²) in [4.78, 5) is 26.2. The molecule has 0 aliphatic rings. The van der Waals surface area contributed by atoms with E-state index in [-0.39, 0.29) is 12.3 Å². The van der Waals surface area contributed by atoms with Crippen LogP contribution in [0, 0.1) is 0 Å². The minimum atomic E-state index is -0.986. The molecule has 37 heavy (non-hydrogen) atoms. The van der Waals surface area contributed by atoms with E-state index >= 15 is 0 Å². The molecule has 0 unspecified atom stereocenters. The van der Waals surface area contributed by atoms with Crippen molar-refractivity contribution in [3.8, 4) is 11.1 Å². The summed E-state index contributed by atoms with van der Waals surface area (Å²) in [6, 6.07) is 25.4. The van der Waals surface area contributed by atoms with Crippen LogP contribution in [-0.2, 0) is 27.3 Å². The van der Waals surface area contributed by atoms with Crippen LogP contribution in [0.1, 0.15) is 55.4 Å². The van der Waals surface area contributed by atoms with E-state index in [4.69, 9.17) is 4.74 Å². The number of aliphatic carboxylic acids is 1. The van der Waals surface area contributed by atoms with Gasteiger partial charge in [0.2, 0.25) is 5.91 Å². The summed E-state index contributed by atoms with van der Waals surface area (Å²) < 4.78 is 5.40. The molecule has 2 atom stereocenters. The topological polar surface area (TPSA) is 87.1 Å². The van der Waals surface area contributed by atoms with Gasteiger partial charge in [-0.2, -0.15) is 0 Å². The van der Waals surface area contributed by atoms with Gasteiger partial charge in [-0.15, -0.1) is 0 Å². The SMILES string of the molecule is CCO[C@@H](Cc1ccc(-c2ccccc2)c(CN(C)C(=O)CCCC[C@H](O)c2ccccc2)c1)C(=O)O. The van der Waals surface area contributed by atoms with E-state index in [9.17, 15) is 19.8 Å². The molecule has 0 saturated carbocycles. The first-order chi connectivity index (χ1) is 17.9. The Kier molecular flexibility index (Phi) is 10.9. The zero-order valence-corrected chi connectivity index (χ0v) is 21.7. The van der Waals surface area contributed by atoms with Gasteiger partial charge < -0.3 is 19.8 Å². The van der Waals surface area contributed by atoms with Gasteiger partial charge in [-0.25, -0.2) is 4.79 Å². The Hall–Kier alpha value is -3.48. The first-order valence-electron chi connectivity index (χ1n) is 12.9. The average Bonchev–Trinajstić information content (AvgIpc) is 2.91. The van der Waals surface area contributed by atoms with Crippen molar-refractivity contribution in [2.24, 2.45) is 0 Å². The van der Waals surface area contributed by atoms with Gasteiger partial charge in [0.05, 0.1) is 6.10 Å². The maximum absolute atomic E-state index is 12.9. The molecule has 196 valence electrons. The van der Waals surface area contributed by atoms with Crippen LogP contribution in [-0.4, -0.2) is 46.7 Å². The van der Waals surface area contributed by atoms with Gasteiger partial charge in [0.25, 0.3) is 0 Å². The molecular weight excluding hydrogens is 466 g/mol. The van der Waals surface area contributed by atoms with Crippen molar-refractivity contribution in [3.05, 3.63) is 95.6 Å². The minimum absolute atomic E-state index is 0.0383. The lowest BCUT2D eigenvalue weighted by atomic mass is 9.95. The minimum Gasteiger partial charge on any atom is -0.479 e. The monoisotopic (exact) mass is 503 g/mol. The Morgan fingerprint density at radius 2 is 1.62 bits per heavy atom. The highest BCUT2D eigenvalue weighted by molar-refractivity contribution is 5.77. The first-order valence-corrected chi connectivity index (χ1v) is 12.9. The molecular formula is C31H37NO5. The largest absolute Gasteiger partial charge is 0.479 e. The van der Waals surface area contributed by atoms with E-state index in [0.29, 0.717) is 32.4 Å². The number of rotatable bonds is 14. The van der Waals surface area contributed by atoms with Gasteiger partial charge >= 0.3 is 5.97 Å². The molecule has 0 heterocycles. The van der Waals surface area contributed by atoms with Gasteiger partial charge in [0.1, 0.15) is 0 Å². The van der Waals surface area contributed by atoms with Crippen molar-refractivity contribution < 1.29 is 24.5 Å². The molecule has 0 aromatic heterocycles. The summed E-state index contributed by atoms with van der Waals surface area (Å²) in [6.07, 6.45) is 1.31. The number of carboxylic acid groups (broad SMARTS) is 1. The number of ether oxygens (including phenoxy) is 1. The second-order valence-corrected chi connectivity index (χ2v) is 9.27. The molecule has 6 nitrogen and oxygen atoms in total. The standard InChI is InChI=1S/C31H37NO5/c1-3-37-29(31(35)36)21-23-18-19-27(24-12-6-4-7-13-24)26(20-23)22-32(2)30(34)17-11-10-16-28(33)25-14-8-5-9-15-25/h4-9,12-15,18-20,28-29,33H,3,10-11,16-17,21-22H2,1-2H3,(H,35,36)/t28-,29-/m0/s1. The second-order valence-electron chi connectivity index (χ2n) is 9.27. The normalized spacial score (nSPS) is 12.6. The Morgan fingerprint density at radius 1 is 0.946 bits per heavy atom. The Bertz CT molecular complexity index is 1130. The molecule has 1 amide bonds. The van der Waals surface area contributed by atoms with E-state index < -0.39 is 18.2 Å². The molecule has 0 saturated heterocycles. The molecule has 3 aromatic carbocycles. The average molecular weight is 504 g/mol. The molecule has 0 bridgehead atoms. The lowest BCUT2D eigenvalue weighted by Crippen LogP contribution is -2.27. The van der Waals surface area contributed by atoms with Crippen molar-refractivity contribution in [1.82, 2.24) is 4.90 Å². The predicted molar refractivity (Wildman–Crippen MR) is 145 cm³/mol. The number of unbranched alkanes of at least 4 members (excludes halogenated alkanes) is 1. The summed E-state index contributed by atoms with van der Waals surface area (Å²) in [5.41, 5.74) is 4.76. The molecule has 0 fully saturated rings. The number of carbonyl (C=O) groups is 2. The number of benzene rings is 3. The van der Waals surface area contributed by atoms with E-state index in [1.165, 1.54) is 0 Å². The summed E-state index contributed by atoms with van der Waals surface area (Å²) >= 11 is 0. The third-order valence-electron chi connectivity index (χ3n) is 6.45. The number of amides is 1. The van der Waals surface area contributed by atoms with E-state index in [2.05, 4.69) is 0 Å². The van der Waals surface area contributed by atoms with Crippen LogP contribution in [0.25, 0.3) is 11.1 Å². The van der Waals surface area contributed by atoms with Gasteiger partial charge in [0, 0.05) is 33.0 Å². The molecule has 2 N–H and O–H groups in total. The zero-order valence-electron chi connectivity index (χ0n) is 21.7. The van der Waals surface area contributed by atoms with Crippen molar-refractivity contribution in [1.29, 1.82) is 0 Å². The molecule has 0 radical (unpaired) electrons. The fraction of sp³-hybridized carbons (Fsp3) is 0.355. The van der Waals surface area contributed by atoms with Crippen LogP contribution in [0.15, 0.2) is 78.9 Å². The highest BCUT2D eigenvalue weighted by Crippen LogP contribution is 2.27. The van der Waals surface area contributed by atoms with Gasteiger partial charge in [0.15, 0.2) is 6.10 Å². The number of aliphatic hydroxyl groups excluding tert-OH is 1. The third kappa shape index (κ3) is 8.55. The number of carboxylic acids is 1. The highest BCUT2D eigenvalue weighted by Gasteiger charge is 2.20. The van der Waals surface area contributed by atoms with Crippen LogP contribution in [0.2, 0.25) is 0 Å². The Morgan fingerprint density at radius 3 is 2.27 bits per heavy atom. The lowest BCUT2D eigenvalue weighted by molar-refractivity contribution is -0.150. The molecule has 0 aliphatic heterocycles. The smallest absolute Gasteiger partial charge is 0.333 e. The first kappa shape index (κ1) is 28.1. The van der Waals surface area contributed by atoms with Crippen molar-refractivity contribution in [2.75, 3.05) is 13.7 Å². The van der Waals surface area contributed by atoms with Gasteiger partial charge in [-0.3, -0.25) is 4.79 Å². The Labute approximate surface area is 219 Å². The maximum Gasteiger partial charge on any atom is 0.333 e. The van der Waals surface area contributed by atoms with Crippen LogP contribution >= 0.6 is 0 Å². The fourth-order valence-corrected chi connectivity index (χ4v) is 4.43.